The molecule has 10 nitrogen and oxygen atoms in total. The van der Waals surface area contributed by atoms with Crippen LogP contribution in [-0.2, 0) is 35.0 Å². The van der Waals surface area contributed by atoms with Gasteiger partial charge in [0.25, 0.3) is 0 Å². The smallest absolute Gasteiger partial charge is 0.407 e. The second kappa shape index (κ2) is 15.9. The zero-order valence-corrected chi connectivity index (χ0v) is 24.6. The maximum absolute atomic E-state index is 13.1. The third-order valence-corrected chi connectivity index (χ3v) is 8.95. The van der Waals surface area contributed by atoms with E-state index in [9.17, 15) is 13.2 Å². The number of rotatable bonds is 16. The molecule has 0 radical (unpaired) electrons. The van der Waals surface area contributed by atoms with Crippen molar-refractivity contribution in [3.63, 3.8) is 0 Å². The van der Waals surface area contributed by atoms with Crippen molar-refractivity contribution < 1.29 is 17.9 Å². The number of hydrogen-bond acceptors (Lipinski definition) is 7. The summed E-state index contributed by atoms with van der Waals surface area (Å²) in [6.45, 7) is 7.03. The summed E-state index contributed by atoms with van der Waals surface area (Å²) in [5.41, 5.74) is 0.902. The molecule has 0 unspecified atom stereocenters. The number of carbonyl (C=O) groups is 1. The molecular formula is C28H46N6O4S. The van der Waals surface area contributed by atoms with E-state index < -0.39 is 22.2 Å². The molecule has 0 spiro atoms. The van der Waals surface area contributed by atoms with Gasteiger partial charge in [0.05, 0.1) is 18.3 Å². The third kappa shape index (κ3) is 10.9. The Morgan fingerprint density at radius 2 is 1.87 bits per heavy atom. The highest BCUT2D eigenvalue weighted by Crippen LogP contribution is 2.30. The highest BCUT2D eigenvalue weighted by Gasteiger charge is 2.26. The molecule has 1 atom stereocenters. The van der Waals surface area contributed by atoms with Crippen molar-refractivity contribution in [3.05, 3.63) is 47.5 Å². The van der Waals surface area contributed by atoms with Crippen LogP contribution in [0.4, 0.5) is 4.79 Å². The van der Waals surface area contributed by atoms with Crippen LogP contribution in [0.5, 0.6) is 0 Å². The van der Waals surface area contributed by atoms with Gasteiger partial charge in [0.1, 0.15) is 12.4 Å². The van der Waals surface area contributed by atoms with Crippen LogP contribution in [0.1, 0.15) is 88.5 Å². The van der Waals surface area contributed by atoms with Gasteiger partial charge in [-0.15, -0.1) is 0 Å². The molecule has 2 N–H and O–H groups in total. The Hall–Kier alpha value is -2.50. The quantitative estimate of drug-likeness (QED) is 0.313. The minimum atomic E-state index is -3.51. The SMILES string of the molecule is CCN(CC)CCCS(=O)(=O)N[C@H](CCC1CCCCC1)c1nc(CNC(=O)OCc2ccccc2)n(C)n1. The van der Waals surface area contributed by atoms with Crippen molar-refractivity contribution in [2.75, 3.05) is 25.4 Å². The van der Waals surface area contributed by atoms with Crippen LogP contribution >= 0.6 is 0 Å². The van der Waals surface area contributed by atoms with Crippen molar-refractivity contribution >= 4 is 16.1 Å². The Bertz CT molecular complexity index is 1100. The van der Waals surface area contributed by atoms with Crippen LogP contribution in [0.25, 0.3) is 0 Å². The van der Waals surface area contributed by atoms with Gasteiger partial charge in [0.2, 0.25) is 10.0 Å². The number of hydrogen-bond donors (Lipinski definition) is 2. The molecule has 1 aromatic heterocycles. The first kappa shape index (κ1) is 31.0. The molecular weight excluding hydrogens is 516 g/mol. The Morgan fingerprint density at radius 3 is 2.56 bits per heavy atom. The first-order valence-electron chi connectivity index (χ1n) is 14.4. The summed E-state index contributed by atoms with van der Waals surface area (Å²) in [5.74, 6) is 1.65. The lowest BCUT2D eigenvalue weighted by atomic mass is 9.85. The van der Waals surface area contributed by atoms with Gasteiger partial charge in [-0.2, -0.15) is 5.10 Å². The molecule has 2 aromatic rings. The van der Waals surface area contributed by atoms with Gasteiger partial charge >= 0.3 is 6.09 Å². The number of nitrogens with one attached hydrogen (secondary N) is 2. The molecule has 218 valence electrons. The molecule has 0 bridgehead atoms. The van der Waals surface area contributed by atoms with Crippen molar-refractivity contribution in [1.82, 2.24) is 29.7 Å². The number of aryl methyl sites for hydroxylation is 1. The van der Waals surface area contributed by atoms with Crippen LogP contribution in [0.3, 0.4) is 0 Å². The Balaban J connectivity index is 1.61. The lowest BCUT2D eigenvalue weighted by Gasteiger charge is -2.24. The van der Waals surface area contributed by atoms with Crippen molar-refractivity contribution in [2.24, 2.45) is 13.0 Å². The van der Waals surface area contributed by atoms with Crippen LogP contribution in [0.15, 0.2) is 30.3 Å². The fraction of sp³-hybridized carbons (Fsp3) is 0.679. The van der Waals surface area contributed by atoms with E-state index in [1.54, 1.807) is 11.7 Å². The molecule has 1 aliphatic rings. The number of amides is 1. The average Bonchev–Trinajstić information content (AvgIpc) is 3.32. The molecule has 1 saturated carbocycles. The van der Waals surface area contributed by atoms with Gasteiger partial charge in [-0.3, -0.25) is 4.68 Å². The number of alkyl carbamates (subject to hydrolysis) is 1. The maximum atomic E-state index is 13.1. The van der Waals surface area contributed by atoms with E-state index in [0.717, 1.165) is 31.6 Å². The number of nitrogens with zero attached hydrogens (tertiary/aromatic N) is 4. The topological polar surface area (TPSA) is 118 Å². The average molecular weight is 563 g/mol. The largest absolute Gasteiger partial charge is 0.445 e. The van der Waals surface area contributed by atoms with Crippen LogP contribution < -0.4 is 10.0 Å². The normalized spacial score (nSPS) is 15.4. The number of sulfonamides is 1. The zero-order valence-electron chi connectivity index (χ0n) is 23.8. The minimum absolute atomic E-state index is 0.0674. The predicted molar refractivity (Wildman–Crippen MR) is 152 cm³/mol. The summed E-state index contributed by atoms with van der Waals surface area (Å²) in [6, 6.07) is 8.96. The predicted octanol–water partition coefficient (Wildman–Crippen LogP) is 4.29. The molecule has 0 aliphatic heterocycles. The van der Waals surface area contributed by atoms with Gasteiger partial charge in [-0.05, 0) is 50.4 Å². The maximum Gasteiger partial charge on any atom is 0.407 e. The van der Waals surface area contributed by atoms with Gasteiger partial charge < -0.3 is 15.0 Å². The van der Waals surface area contributed by atoms with E-state index in [0.29, 0.717) is 30.4 Å². The fourth-order valence-corrected chi connectivity index (χ4v) is 6.36. The van der Waals surface area contributed by atoms with Gasteiger partial charge in [0.15, 0.2) is 5.82 Å². The van der Waals surface area contributed by atoms with E-state index >= 15 is 0 Å². The molecule has 3 rings (SSSR count). The lowest BCUT2D eigenvalue weighted by molar-refractivity contribution is 0.138. The molecule has 0 saturated heterocycles. The number of carbonyl (C=O) groups excluding carboxylic acids is 1. The molecule has 1 fully saturated rings. The summed E-state index contributed by atoms with van der Waals surface area (Å²) in [7, 11) is -1.76. The highest BCUT2D eigenvalue weighted by atomic mass is 32.2. The highest BCUT2D eigenvalue weighted by molar-refractivity contribution is 7.89. The van der Waals surface area contributed by atoms with E-state index in [1.807, 2.05) is 30.3 Å². The minimum Gasteiger partial charge on any atom is -0.445 e. The van der Waals surface area contributed by atoms with Crippen molar-refractivity contribution in [3.8, 4) is 0 Å². The number of benzene rings is 1. The van der Waals surface area contributed by atoms with Crippen molar-refractivity contribution in [1.29, 1.82) is 0 Å². The van der Waals surface area contributed by atoms with E-state index in [2.05, 4.69) is 38.9 Å². The molecule has 39 heavy (non-hydrogen) atoms. The summed E-state index contributed by atoms with van der Waals surface area (Å²) in [5, 5.41) is 7.26. The molecule has 1 aromatic carbocycles. The number of aromatic nitrogens is 3. The van der Waals surface area contributed by atoms with E-state index in [4.69, 9.17) is 4.74 Å². The van der Waals surface area contributed by atoms with Gasteiger partial charge in [-0.25, -0.2) is 22.9 Å². The lowest BCUT2D eigenvalue weighted by Crippen LogP contribution is -2.33. The van der Waals surface area contributed by atoms with Crippen molar-refractivity contribution in [2.45, 2.75) is 84.4 Å². The Labute approximate surface area is 234 Å². The first-order chi connectivity index (χ1) is 18.8. The Morgan fingerprint density at radius 1 is 1.15 bits per heavy atom. The monoisotopic (exact) mass is 562 g/mol. The molecule has 1 heterocycles. The molecule has 1 amide bonds. The second-order valence-electron chi connectivity index (χ2n) is 10.4. The standard InChI is InChI=1S/C28H46N6O4S/c1-4-34(5-2)19-12-20-39(36,37)32-25(18-17-23-13-8-6-9-14-23)27-30-26(33(3)31-27)21-29-28(35)38-22-24-15-10-7-11-16-24/h7,10-11,15-16,23,25,32H,4-6,8-9,12-14,17-22H2,1-3H3,(H,29,35)/t25-/m1/s1. The zero-order chi connectivity index (χ0) is 28.1. The summed E-state index contributed by atoms with van der Waals surface area (Å²) in [4.78, 5) is 19.1. The van der Waals surface area contributed by atoms with Crippen LogP contribution in [-0.4, -0.2) is 59.6 Å². The Kier molecular flexibility index (Phi) is 12.7. The summed E-state index contributed by atoms with van der Waals surface area (Å²) in [6.07, 6.45) is 7.76. The fourth-order valence-electron chi connectivity index (χ4n) is 5.08. The first-order valence-corrected chi connectivity index (χ1v) is 16.0. The van der Waals surface area contributed by atoms with E-state index in [-0.39, 0.29) is 18.9 Å². The van der Waals surface area contributed by atoms with Gasteiger partial charge in [-0.1, -0.05) is 76.3 Å². The summed E-state index contributed by atoms with van der Waals surface area (Å²) < 4.78 is 35.9. The summed E-state index contributed by atoms with van der Waals surface area (Å²) >= 11 is 0. The van der Waals surface area contributed by atoms with E-state index in [1.165, 1.54) is 32.1 Å². The van der Waals surface area contributed by atoms with Crippen LogP contribution in [0, 0.1) is 5.92 Å². The number of ether oxygens (including phenoxy) is 1. The molecule has 1 aliphatic carbocycles. The molecule has 11 heteroatoms. The van der Waals surface area contributed by atoms with Crippen LogP contribution in [0.2, 0.25) is 0 Å². The third-order valence-electron chi connectivity index (χ3n) is 7.48. The second-order valence-corrected chi connectivity index (χ2v) is 12.2. The van der Waals surface area contributed by atoms with Gasteiger partial charge in [0, 0.05) is 7.05 Å².